The molecule has 0 fully saturated rings. The van der Waals surface area contributed by atoms with Crippen LogP contribution in [0.25, 0.3) is 0 Å². The van der Waals surface area contributed by atoms with E-state index in [4.69, 9.17) is 14.2 Å². The maximum absolute atomic E-state index is 11.5. The molecular weight excluding hydrogens is 246 g/mol. The molecule has 0 saturated carbocycles. The number of nitrogens with one attached hydrogen (secondary N) is 1. The topological polar surface area (TPSA) is 56.8 Å². The SMILES string of the molecule is CCOCCCNC(=O)COc1cccc(OC)c1. The van der Waals surface area contributed by atoms with Gasteiger partial charge in [-0.15, -0.1) is 0 Å². The quantitative estimate of drug-likeness (QED) is 0.691. The van der Waals surface area contributed by atoms with Crippen LogP contribution >= 0.6 is 0 Å². The average Bonchev–Trinajstić information content (AvgIpc) is 2.45. The first kappa shape index (κ1) is 15.3. The van der Waals surface area contributed by atoms with Crippen LogP contribution in [0.5, 0.6) is 11.5 Å². The number of ether oxygens (including phenoxy) is 3. The van der Waals surface area contributed by atoms with Crippen LogP contribution in [0.3, 0.4) is 0 Å². The lowest BCUT2D eigenvalue weighted by atomic mass is 10.3. The van der Waals surface area contributed by atoms with Gasteiger partial charge in [0.15, 0.2) is 6.61 Å². The van der Waals surface area contributed by atoms with Crippen LogP contribution in [-0.2, 0) is 9.53 Å². The number of rotatable bonds is 9. The number of benzene rings is 1. The second-order valence-corrected chi connectivity index (χ2v) is 3.87. The van der Waals surface area contributed by atoms with Crippen LogP contribution in [-0.4, -0.2) is 39.4 Å². The van der Waals surface area contributed by atoms with Crippen LogP contribution < -0.4 is 14.8 Å². The zero-order valence-corrected chi connectivity index (χ0v) is 11.5. The monoisotopic (exact) mass is 267 g/mol. The van der Waals surface area contributed by atoms with Crippen LogP contribution in [0, 0.1) is 0 Å². The maximum atomic E-state index is 11.5. The third-order valence-electron chi connectivity index (χ3n) is 2.40. The molecular formula is C14H21NO4. The molecule has 1 rings (SSSR count). The number of amides is 1. The van der Waals surface area contributed by atoms with Crippen molar-refractivity contribution in [3.8, 4) is 11.5 Å². The van der Waals surface area contributed by atoms with Gasteiger partial charge in [-0.1, -0.05) is 6.07 Å². The molecule has 19 heavy (non-hydrogen) atoms. The maximum Gasteiger partial charge on any atom is 0.257 e. The smallest absolute Gasteiger partial charge is 0.257 e. The van der Waals surface area contributed by atoms with Gasteiger partial charge >= 0.3 is 0 Å². The Labute approximate surface area is 113 Å². The summed E-state index contributed by atoms with van der Waals surface area (Å²) in [6.07, 6.45) is 0.804. The van der Waals surface area contributed by atoms with Crippen LogP contribution in [0.1, 0.15) is 13.3 Å². The first-order valence-electron chi connectivity index (χ1n) is 6.37. The molecule has 0 heterocycles. The molecule has 0 saturated heterocycles. The molecule has 0 unspecified atom stereocenters. The molecule has 106 valence electrons. The van der Waals surface area contributed by atoms with E-state index in [-0.39, 0.29) is 12.5 Å². The largest absolute Gasteiger partial charge is 0.497 e. The third kappa shape index (κ3) is 6.67. The van der Waals surface area contributed by atoms with E-state index >= 15 is 0 Å². The summed E-state index contributed by atoms with van der Waals surface area (Å²) < 4.78 is 15.6. The third-order valence-corrected chi connectivity index (χ3v) is 2.40. The van der Waals surface area contributed by atoms with Gasteiger partial charge in [0.05, 0.1) is 7.11 Å². The van der Waals surface area contributed by atoms with Gasteiger partial charge in [0.1, 0.15) is 11.5 Å². The highest BCUT2D eigenvalue weighted by molar-refractivity contribution is 5.77. The van der Waals surface area contributed by atoms with Crippen molar-refractivity contribution in [2.24, 2.45) is 0 Å². The molecule has 0 spiro atoms. The first-order valence-corrected chi connectivity index (χ1v) is 6.37. The minimum absolute atomic E-state index is 0.00179. The standard InChI is InChI=1S/C14H21NO4/c1-3-18-9-5-8-15-14(16)11-19-13-7-4-6-12(10-13)17-2/h4,6-7,10H,3,5,8-9,11H2,1-2H3,(H,15,16). The summed E-state index contributed by atoms with van der Waals surface area (Å²) >= 11 is 0. The highest BCUT2D eigenvalue weighted by atomic mass is 16.5. The summed E-state index contributed by atoms with van der Waals surface area (Å²) in [5.74, 6) is 1.18. The molecule has 5 heteroatoms. The van der Waals surface area contributed by atoms with Crippen LogP contribution in [0.15, 0.2) is 24.3 Å². The Morgan fingerprint density at radius 1 is 1.32 bits per heavy atom. The summed E-state index contributed by atoms with van der Waals surface area (Å²) in [7, 11) is 1.59. The van der Waals surface area contributed by atoms with E-state index in [0.29, 0.717) is 31.3 Å². The van der Waals surface area contributed by atoms with Crippen molar-refractivity contribution < 1.29 is 19.0 Å². The van der Waals surface area contributed by atoms with Gasteiger partial charge in [0.2, 0.25) is 0 Å². The van der Waals surface area contributed by atoms with Crippen molar-refractivity contribution >= 4 is 5.91 Å². The van der Waals surface area contributed by atoms with E-state index in [9.17, 15) is 4.79 Å². The lowest BCUT2D eigenvalue weighted by Crippen LogP contribution is -2.30. The molecule has 1 aromatic rings. The fraction of sp³-hybridized carbons (Fsp3) is 0.500. The number of hydrogen-bond acceptors (Lipinski definition) is 4. The number of hydrogen-bond donors (Lipinski definition) is 1. The summed E-state index contributed by atoms with van der Waals surface area (Å²) in [6.45, 7) is 3.91. The Balaban J connectivity index is 2.18. The van der Waals surface area contributed by atoms with Crippen molar-refractivity contribution in [2.75, 3.05) is 33.5 Å². The summed E-state index contributed by atoms with van der Waals surface area (Å²) in [4.78, 5) is 11.5. The molecule has 0 radical (unpaired) electrons. The summed E-state index contributed by atoms with van der Waals surface area (Å²) in [6, 6.07) is 7.15. The normalized spacial score (nSPS) is 10.0. The molecule has 0 atom stereocenters. The molecule has 0 aliphatic rings. The van der Waals surface area contributed by atoms with Gasteiger partial charge in [-0.25, -0.2) is 0 Å². The highest BCUT2D eigenvalue weighted by Crippen LogP contribution is 2.18. The predicted octanol–water partition coefficient (Wildman–Crippen LogP) is 1.62. The van der Waals surface area contributed by atoms with Gasteiger partial charge in [-0.3, -0.25) is 4.79 Å². The van der Waals surface area contributed by atoms with Crippen molar-refractivity contribution in [1.82, 2.24) is 5.32 Å². The zero-order valence-electron chi connectivity index (χ0n) is 11.5. The van der Waals surface area contributed by atoms with E-state index < -0.39 is 0 Å². The van der Waals surface area contributed by atoms with Crippen molar-refractivity contribution in [3.05, 3.63) is 24.3 Å². The van der Waals surface area contributed by atoms with Gasteiger partial charge in [-0.05, 0) is 25.5 Å². The zero-order chi connectivity index (χ0) is 13.9. The Kier molecular flexibility index (Phi) is 7.43. The minimum Gasteiger partial charge on any atom is -0.497 e. The number of carbonyl (C=O) groups is 1. The molecule has 0 aliphatic heterocycles. The fourth-order valence-corrected chi connectivity index (χ4v) is 1.44. The van der Waals surface area contributed by atoms with Crippen molar-refractivity contribution in [1.29, 1.82) is 0 Å². The van der Waals surface area contributed by atoms with Gasteiger partial charge < -0.3 is 19.5 Å². The lowest BCUT2D eigenvalue weighted by molar-refractivity contribution is -0.123. The molecule has 5 nitrogen and oxygen atoms in total. The Bertz CT molecular complexity index is 381. The molecule has 0 bridgehead atoms. The lowest BCUT2D eigenvalue weighted by Gasteiger charge is -2.08. The second-order valence-electron chi connectivity index (χ2n) is 3.87. The predicted molar refractivity (Wildman–Crippen MR) is 72.6 cm³/mol. The van der Waals surface area contributed by atoms with Gasteiger partial charge in [0, 0.05) is 25.8 Å². The molecule has 0 aromatic heterocycles. The number of carbonyl (C=O) groups excluding carboxylic acids is 1. The van der Waals surface area contributed by atoms with E-state index in [1.54, 1.807) is 19.2 Å². The first-order chi connectivity index (χ1) is 9.26. The van der Waals surface area contributed by atoms with E-state index in [1.807, 2.05) is 19.1 Å². The van der Waals surface area contributed by atoms with Crippen molar-refractivity contribution in [2.45, 2.75) is 13.3 Å². The Hall–Kier alpha value is -1.75. The molecule has 1 N–H and O–H groups in total. The molecule has 1 aromatic carbocycles. The van der Waals surface area contributed by atoms with E-state index in [1.165, 1.54) is 0 Å². The average molecular weight is 267 g/mol. The summed E-state index contributed by atoms with van der Waals surface area (Å²) in [5.41, 5.74) is 0. The molecule has 1 amide bonds. The second kappa shape index (κ2) is 9.22. The van der Waals surface area contributed by atoms with E-state index in [0.717, 1.165) is 6.42 Å². The Morgan fingerprint density at radius 2 is 2.11 bits per heavy atom. The van der Waals surface area contributed by atoms with Crippen molar-refractivity contribution in [3.63, 3.8) is 0 Å². The van der Waals surface area contributed by atoms with E-state index in [2.05, 4.69) is 5.32 Å². The van der Waals surface area contributed by atoms with Crippen LogP contribution in [0.2, 0.25) is 0 Å². The van der Waals surface area contributed by atoms with Crippen LogP contribution in [0.4, 0.5) is 0 Å². The van der Waals surface area contributed by atoms with Gasteiger partial charge in [-0.2, -0.15) is 0 Å². The minimum atomic E-state index is -0.140. The molecule has 0 aliphatic carbocycles. The summed E-state index contributed by atoms with van der Waals surface area (Å²) in [5, 5.41) is 2.77. The Morgan fingerprint density at radius 3 is 2.84 bits per heavy atom. The fourth-order valence-electron chi connectivity index (χ4n) is 1.44. The highest BCUT2D eigenvalue weighted by Gasteiger charge is 2.02. The van der Waals surface area contributed by atoms with Gasteiger partial charge in [0.25, 0.3) is 5.91 Å². The number of methoxy groups -OCH3 is 1.